The fourth-order valence-electron chi connectivity index (χ4n) is 3.90. The fourth-order valence-corrected chi connectivity index (χ4v) is 3.90. The van der Waals surface area contributed by atoms with Gasteiger partial charge in [0, 0.05) is 19.2 Å². The van der Waals surface area contributed by atoms with Gasteiger partial charge in [-0.1, -0.05) is 0 Å². The number of hydrogen-bond acceptors (Lipinski definition) is 6. The topological polar surface area (TPSA) is 91.5 Å². The van der Waals surface area contributed by atoms with Gasteiger partial charge in [0.15, 0.2) is 5.65 Å². The van der Waals surface area contributed by atoms with E-state index in [0.29, 0.717) is 29.1 Å². The second kappa shape index (κ2) is 7.57. The van der Waals surface area contributed by atoms with Crippen molar-refractivity contribution in [3.8, 4) is 11.5 Å². The molecule has 2 aromatic heterocycles. The Hall–Kier alpha value is -3.36. The van der Waals surface area contributed by atoms with Gasteiger partial charge in [0.05, 0.1) is 26.5 Å². The number of ether oxygens (including phenoxy) is 2. The molecule has 0 bridgehead atoms. The van der Waals surface area contributed by atoms with Gasteiger partial charge >= 0.3 is 0 Å². The lowest BCUT2D eigenvalue weighted by Crippen LogP contribution is -2.36. The summed E-state index contributed by atoms with van der Waals surface area (Å²) in [5.74, 6) is 1.29. The zero-order valence-electron chi connectivity index (χ0n) is 16.7. The Bertz CT molecular complexity index is 1120. The number of fused-ring (bicyclic) bond motifs is 1. The third-order valence-corrected chi connectivity index (χ3v) is 5.39. The van der Waals surface area contributed by atoms with Crippen LogP contribution in [0, 0.1) is 0 Å². The molecule has 9 nitrogen and oxygen atoms in total. The molecule has 1 aromatic carbocycles. The van der Waals surface area contributed by atoms with Crippen molar-refractivity contribution in [1.82, 2.24) is 24.2 Å². The predicted octanol–water partition coefficient (Wildman–Crippen LogP) is 1.51. The van der Waals surface area contributed by atoms with E-state index in [2.05, 4.69) is 10.1 Å². The van der Waals surface area contributed by atoms with Crippen LogP contribution in [0.4, 0.5) is 0 Å². The molecule has 3 aromatic rings. The van der Waals surface area contributed by atoms with Crippen LogP contribution in [0.25, 0.3) is 11.0 Å². The molecule has 0 saturated carbocycles. The molecule has 1 saturated heterocycles. The molecular formula is C20H23N5O4. The molecule has 152 valence electrons. The molecule has 1 fully saturated rings. The standard InChI is InChI=1S/C20H23N5O4/c1-23-19-15(10-22-23)20(27)24(12-21-19)11-18(26)25-8-4-5-16(25)14-9-13(28-2)6-7-17(14)29-3/h6-7,9-10,12,16H,4-5,8,11H2,1-3H3. The molecule has 0 radical (unpaired) electrons. The normalized spacial score (nSPS) is 16.4. The lowest BCUT2D eigenvalue weighted by atomic mass is 10.0. The summed E-state index contributed by atoms with van der Waals surface area (Å²) >= 11 is 0. The smallest absolute Gasteiger partial charge is 0.264 e. The first-order valence-electron chi connectivity index (χ1n) is 9.42. The Morgan fingerprint density at radius 1 is 1.28 bits per heavy atom. The molecule has 1 aliphatic heterocycles. The largest absolute Gasteiger partial charge is 0.497 e. The molecule has 9 heteroatoms. The highest BCUT2D eigenvalue weighted by atomic mass is 16.5. The van der Waals surface area contributed by atoms with E-state index in [1.165, 1.54) is 21.8 Å². The summed E-state index contributed by atoms with van der Waals surface area (Å²) in [7, 11) is 4.94. The van der Waals surface area contributed by atoms with Gasteiger partial charge in [0.1, 0.15) is 29.8 Å². The van der Waals surface area contributed by atoms with Gasteiger partial charge in [-0.15, -0.1) is 0 Å². The fraction of sp³-hybridized carbons (Fsp3) is 0.400. The highest BCUT2D eigenvalue weighted by Crippen LogP contribution is 2.39. The summed E-state index contributed by atoms with van der Waals surface area (Å²) in [4.78, 5) is 31.8. The van der Waals surface area contributed by atoms with Crippen molar-refractivity contribution < 1.29 is 14.3 Å². The third-order valence-electron chi connectivity index (χ3n) is 5.39. The van der Waals surface area contributed by atoms with Crippen LogP contribution in [0.5, 0.6) is 11.5 Å². The minimum atomic E-state index is -0.272. The summed E-state index contributed by atoms with van der Waals surface area (Å²) in [6, 6.07) is 5.46. The van der Waals surface area contributed by atoms with Crippen molar-refractivity contribution in [1.29, 1.82) is 0 Å². The van der Waals surface area contributed by atoms with Crippen molar-refractivity contribution in [2.24, 2.45) is 7.05 Å². The molecule has 1 unspecified atom stereocenters. The molecule has 0 spiro atoms. The van der Waals surface area contributed by atoms with E-state index in [9.17, 15) is 9.59 Å². The highest BCUT2D eigenvalue weighted by molar-refractivity contribution is 5.78. The molecule has 0 aliphatic carbocycles. The molecule has 4 rings (SSSR count). The number of aromatic nitrogens is 4. The zero-order chi connectivity index (χ0) is 20.5. The van der Waals surface area contributed by atoms with Crippen LogP contribution < -0.4 is 15.0 Å². The van der Waals surface area contributed by atoms with Gasteiger partial charge in [-0.3, -0.25) is 18.8 Å². The molecule has 1 amide bonds. The quantitative estimate of drug-likeness (QED) is 0.648. The number of amides is 1. The maximum atomic E-state index is 13.1. The minimum absolute atomic E-state index is 0.0700. The maximum Gasteiger partial charge on any atom is 0.264 e. The number of likely N-dealkylation sites (tertiary alicyclic amines) is 1. The van der Waals surface area contributed by atoms with Crippen LogP contribution in [0.1, 0.15) is 24.4 Å². The predicted molar refractivity (Wildman–Crippen MR) is 106 cm³/mol. The van der Waals surface area contributed by atoms with Gasteiger partial charge in [-0.05, 0) is 31.0 Å². The van der Waals surface area contributed by atoms with E-state index in [1.54, 1.807) is 26.2 Å². The second-order valence-corrected chi connectivity index (χ2v) is 7.04. The number of aryl methyl sites for hydroxylation is 1. The van der Waals surface area contributed by atoms with Crippen LogP contribution >= 0.6 is 0 Å². The first kappa shape index (κ1) is 19.0. The van der Waals surface area contributed by atoms with Crippen molar-refractivity contribution in [2.75, 3.05) is 20.8 Å². The van der Waals surface area contributed by atoms with E-state index in [4.69, 9.17) is 9.47 Å². The van der Waals surface area contributed by atoms with E-state index < -0.39 is 0 Å². The van der Waals surface area contributed by atoms with Gasteiger partial charge in [0.2, 0.25) is 5.91 Å². The van der Waals surface area contributed by atoms with Crippen molar-refractivity contribution >= 4 is 16.9 Å². The van der Waals surface area contributed by atoms with E-state index in [1.807, 2.05) is 18.2 Å². The lowest BCUT2D eigenvalue weighted by molar-refractivity contribution is -0.132. The van der Waals surface area contributed by atoms with Gasteiger partial charge in [-0.2, -0.15) is 5.10 Å². The summed E-state index contributed by atoms with van der Waals surface area (Å²) < 4.78 is 13.7. The first-order valence-corrected chi connectivity index (χ1v) is 9.42. The van der Waals surface area contributed by atoms with Crippen molar-refractivity contribution in [2.45, 2.75) is 25.4 Å². The average Bonchev–Trinajstić information content (AvgIpc) is 3.37. The molecule has 0 N–H and O–H groups in total. The van der Waals surface area contributed by atoms with Crippen molar-refractivity contribution in [3.05, 3.63) is 46.6 Å². The Morgan fingerprint density at radius 2 is 2.10 bits per heavy atom. The van der Waals surface area contributed by atoms with Gasteiger partial charge in [0.25, 0.3) is 5.56 Å². The van der Waals surface area contributed by atoms with Gasteiger partial charge < -0.3 is 14.4 Å². The number of rotatable bonds is 5. The van der Waals surface area contributed by atoms with Crippen molar-refractivity contribution in [3.63, 3.8) is 0 Å². The summed E-state index contributed by atoms with van der Waals surface area (Å²) in [5, 5.41) is 4.46. The maximum absolute atomic E-state index is 13.1. The van der Waals surface area contributed by atoms with Crippen LogP contribution in [0.2, 0.25) is 0 Å². The van der Waals surface area contributed by atoms with E-state index in [-0.39, 0.29) is 24.1 Å². The number of carbonyl (C=O) groups excluding carboxylic acids is 1. The summed E-state index contributed by atoms with van der Waals surface area (Å²) in [5.41, 5.74) is 1.14. The van der Waals surface area contributed by atoms with Crippen LogP contribution in [-0.4, -0.2) is 50.9 Å². The zero-order valence-corrected chi connectivity index (χ0v) is 16.7. The van der Waals surface area contributed by atoms with Crippen LogP contribution in [0.15, 0.2) is 35.5 Å². The average molecular weight is 397 g/mol. The monoisotopic (exact) mass is 397 g/mol. The van der Waals surface area contributed by atoms with E-state index in [0.717, 1.165) is 18.4 Å². The Balaban J connectivity index is 1.62. The molecular weight excluding hydrogens is 374 g/mol. The van der Waals surface area contributed by atoms with Gasteiger partial charge in [-0.25, -0.2) is 4.98 Å². The summed E-state index contributed by atoms with van der Waals surface area (Å²) in [6.45, 7) is 0.556. The van der Waals surface area contributed by atoms with Crippen LogP contribution in [-0.2, 0) is 18.4 Å². The Kier molecular flexibility index (Phi) is 4.96. The molecule has 1 atom stereocenters. The molecule has 1 aliphatic rings. The lowest BCUT2D eigenvalue weighted by Gasteiger charge is -2.27. The third kappa shape index (κ3) is 3.32. The second-order valence-electron chi connectivity index (χ2n) is 7.04. The summed E-state index contributed by atoms with van der Waals surface area (Å²) in [6.07, 6.45) is 4.59. The number of carbonyl (C=O) groups is 1. The number of methoxy groups -OCH3 is 2. The molecule has 29 heavy (non-hydrogen) atoms. The SMILES string of the molecule is COc1ccc(OC)c(C2CCCN2C(=O)Cn2cnc3c(cnn3C)c2=O)c1. The minimum Gasteiger partial charge on any atom is -0.497 e. The molecule has 3 heterocycles. The highest BCUT2D eigenvalue weighted by Gasteiger charge is 2.32. The Labute approximate surface area is 167 Å². The first-order chi connectivity index (χ1) is 14.0. The Morgan fingerprint density at radius 3 is 2.86 bits per heavy atom. The van der Waals surface area contributed by atoms with E-state index >= 15 is 0 Å². The van der Waals surface area contributed by atoms with Crippen LogP contribution in [0.3, 0.4) is 0 Å². The number of nitrogens with zero attached hydrogens (tertiary/aromatic N) is 5. The number of hydrogen-bond donors (Lipinski definition) is 0. The number of benzene rings is 1.